The molecule has 0 spiro atoms. The number of carboxylic acid groups (broad SMARTS) is 1. The molecule has 0 fully saturated rings. The van der Waals surface area contributed by atoms with Crippen LogP contribution in [0.15, 0.2) is 15.9 Å². The van der Waals surface area contributed by atoms with Crippen molar-refractivity contribution >= 4 is 39.1 Å². The number of carbonyl (C=O) groups excluding carboxylic acids is 1. The lowest BCUT2D eigenvalue weighted by Crippen LogP contribution is -2.37. The van der Waals surface area contributed by atoms with Crippen molar-refractivity contribution in [1.82, 2.24) is 4.90 Å². The van der Waals surface area contributed by atoms with Gasteiger partial charge in [-0.05, 0) is 34.8 Å². The van der Waals surface area contributed by atoms with Crippen LogP contribution in [0.4, 0.5) is 0 Å². The number of aliphatic carboxylic acids is 1. The Morgan fingerprint density at radius 1 is 1.56 bits per heavy atom. The van der Waals surface area contributed by atoms with Crippen LogP contribution in [-0.2, 0) is 16.0 Å². The molecule has 1 N–H and O–H groups in total. The highest BCUT2D eigenvalue weighted by molar-refractivity contribution is 9.10. The minimum Gasteiger partial charge on any atom is -0.481 e. The van der Waals surface area contributed by atoms with Gasteiger partial charge in [0.15, 0.2) is 0 Å². The molecule has 0 aliphatic carbocycles. The second-order valence-corrected chi connectivity index (χ2v) is 5.95. The van der Waals surface area contributed by atoms with Gasteiger partial charge in [0, 0.05) is 28.3 Å². The normalized spacial score (nSPS) is 12.2. The number of hydrogen-bond donors (Lipinski definition) is 1. The van der Waals surface area contributed by atoms with Crippen LogP contribution in [0.5, 0.6) is 0 Å². The Labute approximate surface area is 119 Å². The Balaban J connectivity index is 2.52. The molecule has 1 atom stereocenters. The summed E-state index contributed by atoms with van der Waals surface area (Å²) in [5.74, 6) is -2.29. The van der Waals surface area contributed by atoms with Crippen molar-refractivity contribution in [2.45, 2.75) is 19.8 Å². The van der Waals surface area contributed by atoms with Crippen LogP contribution in [0.25, 0.3) is 0 Å². The predicted octanol–water partition coefficient (Wildman–Crippen LogP) is 2.62. The minimum absolute atomic E-state index is 0.319. The topological polar surface area (TPSA) is 57.6 Å². The van der Waals surface area contributed by atoms with Crippen molar-refractivity contribution in [2.24, 2.45) is 5.92 Å². The molecule has 1 aromatic rings. The van der Waals surface area contributed by atoms with Gasteiger partial charge in [-0.15, -0.1) is 11.3 Å². The van der Waals surface area contributed by atoms with Crippen LogP contribution in [-0.4, -0.2) is 35.5 Å². The fourth-order valence-electron chi connectivity index (χ4n) is 1.59. The molecule has 1 amide bonds. The van der Waals surface area contributed by atoms with E-state index in [9.17, 15) is 9.59 Å². The average molecular weight is 334 g/mol. The summed E-state index contributed by atoms with van der Waals surface area (Å²) in [6, 6.07) is 2.01. The summed E-state index contributed by atoms with van der Waals surface area (Å²) in [4.78, 5) is 25.5. The van der Waals surface area contributed by atoms with Gasteiger partial charge in [-0.25, -0.2) is 0 Å². The van der Waals surface area contributed by atoms with Crippen LogP contribution < -0.4 is 0 Å². The third-order valence-electron chi connectivity index (χ3n) is 2.70. The van der Waals surface area contributed by atoms with Gasteiger partial charge in [-0.1, -0.05) is 6.92 Å². The van der Waals surface area contributed by atoms with E-state index in [1.54, 1.807) is 25.3 Å². The first kappa shape index (κ1) is 15.2. The number of thiophene rings is 1. The minimum atomic E-state index is -1.05. The highest BCUT2D eigenvalue weighted by atomic mass is 79.9. The largest absolute Gasteiger partial charge is 0.481 e. The van der Waals surface area contributed by atoms with Gasteiger partial charge in [0.25, 0.3) is 0 Å². The highest BCUT2D eigenvalue weighted by Gasteiger charge is 2.26. The summed E-state index contributed by atoms with van der Waals surface area (Å²) in [6.07, 6.45) is 1.07. The summed E-state index contributed by atoms with van der Waals surface area (Å²) >= 11 is 5.00. The molecule has 0 radical (unpaired) electrons. The average Bonchev–Trinajstić information content (AvgIpc) is 2.72. The molecular formula is C12H16BrNO3S. The molecule has 0 saturated heterocycles. The van der Waals surface area contributed by atoms with E-state index in [0.29, 0.717) is 13.0 Å². The van der Waals surface area contributed by atoms with E-state index in [0.717, 1.165) is 10.9 Å². The van der Waals surface area contributed by atoms with E-state index in [2.05, 4.69) is 15.9 Å². The van der Waals surface area contributed by atoms with Crippen LogP contribution in [0.1, 0.15) is 18.2 Å². The summed E-state index contributed by atoms with van der Waals surface area (Å²) < 4.78 is 1.04. The number of likely N-dealkylation sites (N-methyl/N-ethyl adjacent to an activating group) is 1. The quantitative estimate of drug-likeness (QED) is 0.814. The zero-order valence-corrected chi connectivity index (χ0v) is 12.8. The van der Waals surface area contributed by atoms with Gasteiger partial charge in [0.2, 0.25) is 5.91 Å². The summed E-state index contributed by atoms with van der Waals surface area (Å²) in [5, 5.41) is 10.9. The number of halogens is 1. The first-order chi connectivity index (χ1) is 8.45. The van der Waals surface area contributed by atoms with Gasteiger partial charge in [0.1, 0.15) is 5.92 Å². The fraction of sp³-hybridized carbons (Fsp3) is 0.500. The second kappa shape index (κ2) is 6.89. The van der Waals surface area contributed by atoms with Crippen LogP contribution in [0.2, 0.25) is 0 Å². The summed E-state index contributed by atoms with van der Waals surface area (Å²) in [5.41, 5.74) is 0. The zero-order valence-electron chi connectivity index (χ0n) is 10.4. The van der Waals surface area contributed by atoms with Crippen LogP contribution in [0.3, 0.4) is 0 Å². The van der Waals surface area contributed by atoms with Crippen molar-refractivity contribution in [1.29, 1.82) is 0 Å². The van der Waals surface area contributed by atoms with E-state index in [1.165, 1.54) is 9.78 Å². The third-order valence-corrected chi connectivity index (χ3v) is 4.45. The predicted molar refractivity (Wildman–Crippen MR) is 74.8 cm³/mol. The van der Waals surface area contributed by atoms with Crippen molar-refractivity contribution in [3.05, 3.63) is 20.8 Å². The van der Waals surface area contributed by atoms with E-state index >= 15 is 0 Å². The van der Waals surface area contributed by atoms with Gasteiger partial charge in [-0.3, -0.25) is 9.59 Å². The van der Waals surface area contributed by atoms with Crippen molar-refractivity contribution in [3.63, 3.8) is 0 Å². The molecule has 1 unspecified atom stereocenters. The molecular weight excluding hydrogens is 318 g/mol. The molecule has 18 heavy (non-hydrogen) atoms. The van der Waals surface area contributed by atoms with Crippen molar-refractivity contribution < 1.29 is 14.7 Å². The van der Waals surface area contributed by atoms with E-state index in [4.69, 9.17) is 5.11 Å². The standard InChI is InChI=1S/C12H16BrNO3S/c1-3-10(12(16)17)11(15)14(2)5-4-9-6-8(13)7-18-9/h6-7,10H,3-5H2,1-2H3,(H,16,17). The van der Waals surface area contributed by atoms with Crippen molar-refractivity contribution in [3.8, 4) is 0 Å². The molecule has 0 aromatic carbocycles. The summed E-state index contributed by atoms with van der Waals surface area (Å²) in [7, 11) is 1.65. The Kier molecular flexibility index (Phi) is 5.81. The van der Waals surface area contributed by atoms with Gasteiger partial charge in [-0.2, -0.15) is 0 Å². The maximum atomic E-state index is 11.9. The van der Waals surface area contributed by atoms with E-state index in [1.807, 2.05) is 11.4 Å². The smallest absolute Gasteiger partial charge is 0.316 e. The molecule has 4 nitrogen and oxygen atoms in total. The monoisotopic (exact) mass is 333 g/mol. The van der Waals surface area contributed by atoms with Crippen LogP contribution >= 0.6 is 27.3 Å². The summed E-state index contributed by atoms with van der Waals surface area (Å²) in [6.45, 7) is 2.25. The van der Waals surface area contributed by atoms with Crippen molar-refractivity contribution in [2.75, 3.05) is 13.6 Å². The molecule has 0 aliphatic heterocycles. The first-order valence-electron chi connectivity index (χ1n) is 5.66. The van der Waals surface area contributed by atoms with Gasteiger partial charge in [0.05, 0.1) is 0 Å². The number of rotatable bonds is 6. The Morgan fingerprint density at radius 2 is 2.22 bits per heavy atom. The highest BCUT2D eigenvalue weighted by Crippen LogP contribution is 2.20. The zero-order chi connectivity index (χ0) is 13.7. The number of carbonyl (C=O) groups is 2. The maximum Gasteiger partial charge on any atom is 0.316 e. The lowest BCUT2D eigenvalue weighted by molar-refractivity contribution is -0.150. The molecule has 6 heteroatoms. The fourth-order valence-corrected chi connectivity index (χ4v) is 3.04. The Morgan fingerprint density at radius 3 is 2.67 bits per heavy atom. The first-order valence-corrected chi connectivity index (χ1v) is 7.33. The Bertz CT molecular complexity index is 433. The number of hydrogen-bond acceptors (Lipinski definition) is 3. The van der Waals surface area contributed by atoms with E-state index < -0.39 is 11.9 Å². The van der Waals surface area contributed by atoms with Gasteiger partial charge >= 0.3 is 5.97 Å². The molecule has 0 aliphatic rings. The van der Waals surface area contributed by atoms with Gasteiger partial charge < -0.3 is 10.0 Å². The lowest BCUT2D eigenvalue weighted by Gasteiger charge is -2.20. The molecule has 0 saturated carbocycles. The SMILES string of the molecule is CCC(C(=O)O)C(=O)N(C)CCc1cc(Br)cs1. The van der Waals surface area contributed by atoms with Crippen LogP contribution in [0, 0.1) is 5.92 Å². The Hall–Kier alpha value is -0.880. The number of amides is 1. The lowest BCUT2D eigenvalue weighted by atomic mass is 10.1. The molecule has 1 heterocycles. The molecule has 1 aromatic heterocycles. The molecule has 100 valence electrons. The second-order valence-electron chi connectivity index (χ2n) is 4.04. The molecule has 1 rings (SSSR count). The molecule has 0 bridgehead atoms. The number of nitrogens with zero attached hydrogens (tertiary/aromatic N) is 1. The van der Waals surface area contributed by atoms with E-state index in [-0.39, 0.29) is 5.91 Å². The third kappa shape index (κ3) is 4.10. The number of carboxylic acids is 1. The maximum absolute atomic E-state index is 11.9.